The highest BCUT2D eigenvalue weighted by Crippen LogP contribution is 2.32. The van der Waals surface area contributed by atoms with Crippen LogP contribution in [0, 0.1) is 5.82 Å². The lowest BCUT2D eigenvalue weighted by Crippen LogP contribution is -2.03. The molecule has 2 aromatic heterocycles. The third-order valence-electron chi connectivity index (χ3n) is 4.46. The third kappa shape index (κ3) is 4.72. The first-order valence-electron chi connectivity index (χ1n) is 9.45. The van der Waals surface area contributed by atoms with Crippen molar-refractivity contribution < 1.29 is 13.9 Å². The molecule has 0 unspecified atom stereocenters. The molecule has 0 fully saturated rings. The summed E-state index contributed by atoms with van der Waals surface area (Å²) in [7, 11) is 0. The summed E-state index contributed by atoms with van der Waals surface area (Å²) < 4.78 is 25.7. The molecule has 2 heterocycles. The zero-order valence-electron chi connectivity index (χ0n) is 16.2. The molecule has 0 atom stereocenters. The first kappa shape index (κ1) is 19.4. The van der Waals surface area contributed by atoms with Gasteiger partial charge in [0.05, 0.1) is 0 Å². The molecule has 4 aromatic rings. The fourth-order valence-electron chi connectivity index (χ4n) is 2.89. The summed E-state index contributed by atoms with van der Waals surface area (Å²) in [5.74, 6) is -0.00267. The molecule has 0 saturated carbocycles. The number of nitrogen functional groups attached to an aromatic ring is 1. The van der Waals surface area contributed by atoms with E-state index in [1.54, 1.807) is 12.1 Å². The van der Waals surface area contributed by atoms with Crippen LogP contribution in [0.1, 0.15) is 11.1 Å². The van der Waals surface area contributed by atoms with Crippen LogP contribution in [0.5, 0.6) is 11.8 Å². The summed E-state index contributed by atoms with van der Waals surface area (Å²) >= 11 is 0. The minimum absolute atomic E-state index is 0.152. The van der Waals surface area contributed by atoms with Crippen LogP contribution in [0.2, 0.25) is 0 Å². The highest BCUT2D eigenvalue weighted by atomic mass is 19.1. The Morgan fingerprint density at radius 1 is 0.800 bits per heavy atom. The summed E-state index contributed by atoms with van der Waals surface area (Å²) in [6.45, 7) is 0.692. The van der Waals surface area contributed by atoms with Crippen LogP contribution in [-0.4, -0.2) is 9.97 Å². The Morgan fingerprint density at radius 2 is 1.43 bits per heavy atom. The Balaban J connectivity index is 1.61. The van der Waals surface area contributed by atoms with Gasteiger partial charge in [-0.05, 0) is 23.3 Å². The van der Waals surface area contributed by atoms with Crippen LogP contribution in [0.3, 0.4) is 0 Å². The second-order valence-electron chi connectivity index (χ2n) is 6.64. The van der Waals surface area contributed by atoms with Gasteiger partial charge in [-0.15, -0.1) is 0 Å². The maximum Gasteiger partial charge on any atom is 0.225 e. The number of rotatable bonds is 7. The van der Waals surface area contributed by atoms with E-state index in [9.17, 15) is 4.39 Å². The smallest absolute Gasteiger partial charge is 0.225 e. The number of pyridine rings is 2. The molecular formula is C24H20FN3O2. The molecule has 0 amide bonds. The van der Waals surface area contributed by atoms with Crippen molar-refractivity contribution in [3.63, 3.8) is 0 Å². The number of benzene rings is 2. The van der Waals surface area contributed by atoms with Crippen LogP contribution in [0.4, 0.5) is 10.2 Å². The Labute approximate surface area is 174 Å². The molecule has 0 saturated heterocycles. The molecule has 0 spiro atoms. The molecule has 0 aliphatic heterocycles. The SMILES string of the molecule is Nc1ncc(-c2ccc(OCc3ccccc3)nc2OCc2ccccc2)cc1F. The quantitative estimate of drug-likeness (QED) is 0.471. The van der Waals surface area contributed by atoms with Gasteiger partial charge in [-0.25, -0.2) is 9.37 Å². The van der Waals surface area contributed by atoms with E-state index < -0.39 is 5.82 Å². The van der Waals surface area contributed by atoms with Gasteiger partial charge in [0.1, 0.15) is 13.2 Å². The van der Waals surface area contributed by atoms with Crippen LogP contribution >= 0.6 is 0 Å². The predicted molar refractivity (Wildman–Crippen MR) is 113 cm³/mol. The van der Waals surface area contributed by atoms with Crippen LogP contribution in [-0.2, 0) is 13.2 Å². The number of halogens is 1. The van der Waals surface area contributed by atoms with E-state index in [4.69, 9.17) is 15.2 Å². The van der Waals surface area contributed by atoms with Gasteiger partial charge in [-0.1, -0.05) is 60.7 Å². The van der Waals surface area contributed by atoms with Crippen molar-refractivity contribution in [1.29, 1.82) is 0 Å². The zero-order chi connectivity index (χ0) is 20.8. The normalized spacial score (nSPS) is 10.6. The average Bonchev–Trinajstić information content (AvgIpc) is 2.79. The van der Waals surface area contributed by atoms with Crippen molar-refractivity contribution in [3.8, 4) is 22.9 Å². The summed E-state index contributed by atoms with van der Waals surface area (Å²) in [5.41, 5.74) is 8.64. The molecule has 2 aromatic carbocycles. The molecule has 0 radical (unpaired) electrons. The lowest BCUT2D eigenvalue weighted by atomic mass is 10.1. The van der Waals surface area contributed by atoms with Crippen molar-refractivity contribution in [1.82, 2.24) is 9.97 Å². The van der Waals surface area contributed by atoms with Crippen LogP contribution in [0.25, 0.3) is 11.1 Å². The predicted octanol–water partition coefficient (Wildman–Crippen LogP) is 5.02. The number of ether oxygens (including phenoxy) is 2. The molecular weight excluding hydrogens is 381 g/mol. The zero-order valence-corrected chi connectivity index (χ0v) is 16.2. The van der Waals surface area contributed by atoms with Crippen LogP contribution < -0.4 is 15.2 Å². The van der Waals surface area contributed by atoms with E-state index in [1.165, 1.54) is 12.3 Å². The largest absolute Gasteiger partial charge is 0.473 e. The fraction of sp³-hybridized carbons (Fsp3) is 0.0833. The number of nitrogens with two attached hydrogens (primary N) is 1. The lowest BCUT2D eigenvalue weighted by Gasteiger charge is -2.13. The topological polar surface area (TPSA) is 70.3 Å². The number of aromatic nitrogens is 2. The van der Waals surface area contributed by atoms with Gasteiger partial charge in [-0.2, -0.15) is 4.98 Å². The van der Waals surface area contributed by atoms with Gasteiger partial charge in [0.2, 0.25) is 11.8 Å². The van der Waals surface area contributed by atoms with E-state index >= 15 is 0 Å². The Kier molecular flexibility index (Phi) is 5.85. The first-order chi connectivity index (χ1) is 14.7. The Morgan fingerprint density at radius 3 is 2.07 bits per heavy atom. The minimum Gasteiger partial charge on any atom is -0.473 e. The lowest BCUT2D eigenvalue weighted by molar-refractivity contribution is 0.268. The van der Waals surface area contributed by atoms with E-state index in [0.717, 1.165) is 11.1 Å². The van der Waals surface area contributed by atoms with Gasteiger partial charge < -0.3 is 15.2 Å². The maximum atomic E-state index is 14.0. The second kappa shape index (κ2) is 9.05. The molecule has 4 rings (SSSR count). The van der Waals surface area contributed by atoms with Gasteiger partial charge in [0.25, 0.3) is 0 Å². The van der Waals surface area contributed by atoms with Gasteiger partial charge >= 0.3 is 0 Å². The highest BCUT2D eigenvalue weighted by molar-refractivity contribution is 5.69. The van der Waals surface area contributed by atoms with Crippen molar-refractivity contribution >= 4 is 5.82 Å². The molecule has 0 aliphatic carbocycles. The van der Waals surface area contributed by atoms with E-state index in [0.29, 0.717) is 36.1 Å². The number of hydrogen-bond acceptors (Lipinski definition) is 5. The van der Waals surface area contributed by atoms with E-state index in [2.05, 4.69) is 9.97 Å². The third-order valence-corrected chi connectivity index (χ3v) is 4.46. The van der Waals surface area contributed by atoms with E-state index in [1.807, 2.05) is 60.7 Å². The molecule has 0 bridgehead atoms. The molecule has 30 heavy (non-hydrogen) atoms. The number of hydrogen-bond donors (Lipinski definition) is 1. The van der Waals surface area contributed by atoms with Gasteiger partial charge in [0, 0.05) is 23.4 Å². The standard InChI is InChI=1S/C24H20FN3O2/c25-21-13-19(14-27-23(21)26)20-11-12-22(29-15-17-7-3-1-4-8-17)28-24(20)30-16-18-9-5-2-6-10-18/h1-14H,15-16H2,(H2,26,27). The molecule has 5 nitrogen and oxygen atoms in total. The van der Waals surface area contributed by atoms with E-state index in [-0.39, 0.29) is 5.82 Å². The molecule has 2 N–H and O–H groups in total. The molecule has 6 heteroatoms. The van der Waals surface area contributed by atoms with Crippen molar-refractivity contribution in [2.75, 3.05) is 5.73 Å². The van der Waals surface area contributed by atoms with Crippen molar-refractivity contribution in [2.45, 2.75) is 13.2 Å². The molecule has 0 aliphatic rings. The summed E-state index contributed by atoms with van der Waals surface area (Å²) in [4.78, 5) is 8.41. The highest BCUT2D eigenvalue weighted by Gasteiger charge is 2.13. The summed E-state index contributed by atoms with van der Waals surface area (Å²) in [6, 6.07) is 24.4. The average molecular weight is 401 g/mol. The Bertz CT molecular complexity index is 1120. The maximum absolute atomic E-state index is 14.0. The Hall–Kier alpha value is -3.93. The number of nitrogens with zero attached hydrogens (tertiary/aromatic N) is 2. The molecule has 150 valence electrons. The number of anilines is 1. The fourth-order valence-corrected chi connectivity index (χ4v) is 2.89. The monoisotopic (exact) mass is 401 g/mol. The van der Waals surface area contributed by atoms with Gasteiger partial charge in [-0.3, -0.25) is 0 Å². The first-order valence-corrected chi connectivity index (χ1v) is 9.45. The summed E-state index contributed by atoms with van der Waals surface area (Å²) in [5, 5.41) is 0. The van der Waals surface area contributed by atoms with Crippen LogP contribution in [0.15, 0.2) is 85.1 Å². The second-order valence-corrected chi connectivity index (χ2v) is 6.64. The summed E-state index contributed by atoms with van der Waals surface area (Å²) in [6.07, 6.45) is 1.50. The van der Waals surface area contributed by atoms with Gasteiger partial charge in [0.15, 0.2) is 11.6 Å². The minimum atomic E-state index is -0.592. The van der Waals surface area contributed by atoms with Crippen molar-refractivity contribution in [2.24, 2.45) is 0 Å². The van der Waals surface area contributed by atoms with Crippen molar-refractivity contribution in [3.05, 3.63) is 102 Å².